The largest absolute Gasteiger partial charge is 0.481 e. The van der Waals surface area contributed by atoms with E-state index in [1.54, 1.807) is 20.8 Å². The van der Waals surface area contributed by atoms with Gasteiger partial charge in [-0.2, -0.15) is 0 Å². The number of aliphatic carboxylic acids is 1. The van der Waals surface area contributed by atoms with Gasteiger partial charge in [0.2, 0.25) is 5.91 Å². The van der Waals surface area contributed by atoms with Crippen LogP contribution in [0.1, 0.15) is 48.5 Å². The molecule has 0 aliphatic heterocycles. The topological polar surface area (TPSA) is 66.4 Å². The highest BCUT2D eigenvalue weighted by Gasteiger charge is 2.38. The molecule has 17 heavy (non-hydrogen) atoms. The Morgan fingerprint density at radius 1 is 1.00 bits per heavy atom. The molecule has 2 N–H and O–H groups in total. The molecule has 0 aliphatic rings. The number of carboxylic acid groups (broad SMARTS) is 1. The highest BCUT2D eigenvalue weighted by molar-refractivity contribution is 5.97. The van der Waals surface area contributed by atoms with Crippen LogP contribution in [-0.2, 0) is 9.59 Å². The molecule has 0 rings (SSSR count). The maximum absolute atomic E-state index is 12.0. The lowest BCUT2D eigenvalue weighted by Crippen LogP contribution is -2.49. The number of carbonyl (C=O) groups excluding carboxylic acids is 1. The van der Waals surface area contributed by atoms with Crippen LogP contribution in [0, 0.1) is 16.7 Å². The summed E-state index contributed by atoms with van der Waals surface area (Å²) in [6, 6.07) is -0.0702. The molecule has 2 unspecified atom stereocenters. The van der Waals surface area contributed by atoms with Crippen LogP contribution in [0.3, 0.4) is 0 Å². The van der Waals surface area contributed by atoms with Crippen LogP contribution >= 0.6 is 0 Å². The van der Waals surface area contributed by atoms with Gasteiger partial charge >= 0.3 is 5.97 Å². The van der Waals surface area contributed by atoms with E-state index in [1.807, 2.05) is 27.7 Å². The Bertz CT molecular complexity index is 297. The summed E-state index contributed by atoms with van der Waals surface area (Å²) in [5.41, 5.74) is -0.676. The van der Waals surface area contributed by atoms with Crippen molar-refractivity contribution in [2.24, 2.45) is 16.7 Å². The van der Waals surface area contributed by atoms with Crippen molar-refractivity contribution in [1.29, 1.82) is 0 Å². The molecule has 0 radical (unpaired) electrons. The highest BCUT2D eigenvalue weighted by Crippen LogP contribution is 2.27. The monoisotopic (exact) mass is 243 g/mol. The first-order chi connectivity index (χ1) is 7.37. The van der Waals surface area contributed by atoms with E-state index in [2.05, 4.69) is 5.32 Å². The molecule has 4 nitrogen and oxygen atoms in total. The minimum atomic E-state index is -1.07. The van der Waals surface area contributed by atoms with Crippen molar-refractivity contribution < 1.29 is 14.7 Å². The van der Waals surface area contributed by atoms with Gasteiger partial charge in [-0.3, -0.25) is 9.59 Å². The van der Waals surface area contributed by atoms with Gasteiger partial charge in [0, 0.05) is 6.04 Å². The maximum atomic E-state index is 12.0. The van der Waals surface area contributed by atoms with Gasteiger partial charge in [0.25, 0.3) is 0 Å². The van der Waals surface area contributed by atoms with Gasteiger partial charge in [0.05, 0.1) is 0 Å². The summed E-state index contributed by atoms with van der Waals surface area (Å²) in [6.07, 6.45) is 0. The molecular formula is C13H25NO3. The van der Waals surface area contributed by atoms with E-state index in [1.165, 1.54) is 0 Å². The number of carbonyl (C=O) groups is 2. The minimum Gasteiger partial charge on any atom is -0.481 e. The van der Waals surface area contributed by atoms with Crippen molar-refractivity contribution in [2.75, 3.05) is 0 Å². The van der Waals surface area contributed by atoms with E-state index < -0.39 is 23.2 Å². The smallest absolute Gasteiger partial charge is 0.316 e. The van der Waals surface area contributed by atoms with E-state index in [0.29, 0.717) is 0 Å². The normalized spacial score (nSPS) is 16.2. The Balaban J connectivity index is 4.85. The molecule has 100 valence electrons. The van der Waals surface area contributed by atoms with E-state index in [0.717, 1.165) is 0 Å². The first kappa shape index (κ1) is 15.9. The van der Waals surface area contributed by atoms with Crippen molar-refractivity contribution >= 4 is 11.9 Å². The first-order valence-corrected chi connectivity index (χ1v) is 5.90. The average Bonchev–Trinajstić information content (AvgIpc) is 1.97. The van der Waals surface area contributed by atoms with Crippen molar-refractivity contribution in [3.8, 4) is 0 Å². The van der Waals surface area contributed by atoms with Gasteiger partial charge in [-0.25, -0.2) is 0 Å². The van der Waals surface area contributed by atoms with Gasteiger partial charge in [-0.15, -0.1) is 0 Å². The summed E-state index contributed by atoms with van der Waals surface area (Å²) in [6.45, 7) is 13.2. The van der Waals surface area contributed by atoms with Gasteiger partial charge in [0.1, 0.15) is 5.92 Å². The molecule has 0 saturated heterocycles. The Hall–Kier alpha value is -1.06. The van der Waals surface area contributed by atoms with Gasteiger partial charge in [0.15, 0.2) is 0 Å². The number of nitrogens with one attached hydrogen (secondary N) is 1. The molecule has 0 spiro atoms. The summed E-state index contributed by atoms with van der Waals surface area (Å²) < 4.78 is 0. The number of rotatable bonds is 3. The van der Waals surface area contributed by atoms with Crippen LogP contribution in [0.4, 0.5) is 0 Å². The number of carboxylic acids is 1. The van der Waals surface area contributed by atoms with Gasteiger partial charge in [-0.1, -0.05) is 41.5 Å². The van der Waals surface area contributed by atoms with Crippen LogP contribution in [0.15, 0.2) is 0 Å². The average molecular weight is 243 g/mol. The van der Waals surface area contributed by atoms with Gasteiger partial charge < -0.3 is 10.4 Å². The quantitative estimate of drug-likeness (QED) is 0.747. The first-order valence-electron chi connectivity index (χ1n) is 5.90. The van der Waals surface area contributed by atoms with E-state index in [9.17, 15) is 9.59 Å². The molecular weight excluding hydrogens is 218 g/mol. The predicted molar refractivity (Wildman–Crippen MR) is 67.6 cm³/mol. The third-order valence-corrected chi connectivity index (χ3v) is 3.03. The zero-order valence-electron chi connectivity index (χ0n) is 11.9. The van der Waals surface area contributed by atoms with Crippen LogP contribution in [-0.4, -0.2) is 23.0 Å². The third-order valence-electron chi connectivity index (χ3n) is 3.03. The second-order valence-electron chi connectivity index (χ2n) is 6.73. The van der Waals surface area contributed by atoms with Crippen LogP contribution in [0.25, 0.3) is 0 Å². The maximum Gasteiger partial charge on any atom is 0.316 e. The molecule has 0 aromatic rings. The molecule has 1 amide bonds. The highest BCUT2D eigenvalue weighted by atomic mass is 16.4. The standard InChI is InChI=1S/C13H25NO3/c1-8(12(2,3)4)14-10(15)9(11(16)17)13(5,6)7/h8-9H,1-7H3,(H,14,15)(H,16,17). The van der Waals surface area contributed by atoms with Crippen molar-refractivity contribution in [2.45, 2.75) is 54.5 Å². The van der Waals surface area contributed by atoms with Crippen molar-refractivity contribution in [3.63, 3.8) is 0 Å². The summed E-state index contributed by atoms with van der Waals surface area (Å²) in [4.78, 5) is 23.2. The molecule has 0 aliphatic carbocycles. The lowest BCUT2D eigenvalue weighted by atomic mass is 9.79. The molecule has 0 heterocycles. The Morgan fingerprint density at radius 3 is 1.65 bits per heavy atom. The second kappa shape index (κ2) is 5.07. The molecule has 2 atom stereocenters. The van der Waals surface area contributed by atoms with E-state index >= 15 is 0 Å². The summed E-state index contributed by atoms with van der Waals surface area (Å²) >= 11 is 0. The third kappa shape index (κ3) is 4.75. The molecule has 0 aromatic heterocycles. The SMILES string of the molecule is CC(NC(=O)C(C(=O)O)C(C)(C)C)C(C)(C)C. The van der Waals surface area contributed by atoms with Crippen LogP contribution in [0.2, 0.25) is 0 Å². The number of hydrogen-bond donors (Lipinski definition) is 2. The Morgan fingerprint density at radius 2 is 1.41 bits per heavy atom. The predicted octanol–water partition coefficient (Wildman–Crippen LogP) is 2.28. The summed E-state index contributed by atoms with van der Waals surface area (Å²) in [5, 5.41) is 11.9. The molecule has 0 bridgehead atoms. The Kier molecular flexibility index (Phi) is 4.75. The molecule has 0 fully saturated rings. The summed E-state index contributed by atoms with van der Waals surface area (Å²) in [7, 11) is 0. The van der Waals surface area contributed by atoms with Crippen molar-refractivity contribution in [3.05, 3.63) is 0 Å². The van der Waals surface area contributed by atoms with E-state index in [4.69, 9.17) is 5.11 Å². The zero-order valence-corrected chi connectivity index (χ0v) is 11.9. The van der Waals surface area contributed by atoms with Crippen molar-refractivity contribution in [1.82, 2.24) is 5.32 Å². The second-order valence-corrected chi connectivity index (χ2v) is 6.73. The van der Waals surface area contributed by atoms with E-state index in [-0.39, 0.29) is 11.5 Å². The molecule has 4 heteroatoms. The van der Waals surface area contributed by atoms with Crippen LogP contribution < -0.4 is 5.32 Å². The fourth-order valence-electron chi connectivity index (χ4n) is 1.39. The lowest BCUT2D eigenvalue weighted by Gasteiger charge is -2.32. The molecule has 0 saturated carbocycles. The number of amides is 1. The zero-order chi connectivity index (χ0) is 14.0. The number of hydrogen-bond acceptors (Lipinski definition) is 2. The summed E-state index contributed by atoms with van der Waals surface area (Å²) in [5.74, 6) is -2.50. The fourth-order valence-corrected chi connectivity index (χ4v) is 1.39. The fraction of sp³-hybridized carbons (Fsp3) is 0.846. The minimum absolute atomic E-state index is 0.0702. The Labute approximate surface area is 104 Å². The molecule has 0 aromatic carbocycles. The van der Waals surface area contributed by atoms with Crippen LogP contribution in [0.5, 0.6) is 0 Å². The lowest BCUT2D eigenvalue weighted by molar-refractivity contribution is -0.152. The van der Waals surface area contributed by atoms with Gasteiger partial charge in [-0.05, 0) is 17.8 Å².